The highest BCUT2D eigenvalue weighted by atomic mass is 32.2. The fourth-order valence-electron chi connectivity index (χ4n) is 4.28. The van der Waals surface area contributed by atoms with E-state index in [1.54, 1.807) is 28.8 Å². The Labute approximate surface area is 184 Å². The lowest BCUT2D eigenvalue weighted by Crippen LogP contribution is -2.44. The molecule has 0 aromatic heterocycles. The number of thioether (sulfide) groups is 1. The molecular weight excluding hydrogens is 410 g/mol. The molecule has 0 spiro atoms. The maximum Gasteiger partial charge on any atom is 0.261 e. The van der Waals surface area contributed by atoms with Crippen LogP contribution in [0, 0.1) is 0 Å². The fourth-order valence-corrected chi connectivity index (χ4v) is 5.19. The molecule has 0 radical (unpaired) electrons. The van der Waals surface area contributed by atoms with Gasteiger partial charge in [-0.2, -0.15) is 0 Å². The van der Waals surface area contributed by atoms with Crippen molar-refractivity contribution in [2.45, 2.75) is 18.8 Å². The highest BCUT2D eigenvalue weighted by Crippen LogP contribution is 2.38. The number of benzene rings is 3. The minimum absolute atomic E-state index is 0.0450. The summed E-state index contributed by atoms with van der Waals surface area (Å²) >= 11 is 1.63. The van der Waals surface area contributed by atoms with Crippen molar-refractivity contribution in [3.8, 4) is 0 Å². The topological polar surface area (TPSA) is 69.7 Å². The van der Waals surface area contributed by atoms with Crippen LogP contribution in [0.4, 0.5) is 11.4 Å². The summed E-state index contributed by atoms with van der Waals surface area (Å²) in [5.41, 5.74) is 2.55. The third kappa shape index (κ3) is 3.16. The maximum atomic E-state index is 13.2. The first-order valence-corrected chi connectivity index (χ1v) is 11.3. The molecule has 31 heavy (non-hydrogen) atoms. The maximum absolute atomic E-state index is 13.2. The van der Waals surface area contributed by atoms with Crippen molar-refractivity contribution in [3.63, 3.8) is 0 Å². The van der Waals surface area contributed by atoms with Crippen LogP contribution in [0.15, 0.2) is 60.7 Å². The van der Waals surface area contributed by atoms with E-state index in [-0.39, 0.29) is 36.2 Å². The molecule has 2 aliphatic heterocycles. The van der Waals surface area contributed by atoms with Crippen LogP contribution in [0.3, 0.4) is 0 Å². The van der Waals surface area contributed by atoms with Gasteiger partial charge >= 0.3 is 0 Å². The lowest BCUT2D eigenvalue weighted by Gasteiger charge is -2.28. The number of para-hydroxylation sites is 2. The second-order valence-electron chi connectivity index (χ2n) is 7.45. The van der Waals surface area contributed by atoms with Gasteiger partial charge in [-0.3, -0.25) is 24.2 Å². The van der Waals surface area contributed by atoms with E-state index in [1.165, 1.54) is 4.90 Å². The van der Waals surface area contributed by atoms with Crippen LogP contribution >= 0.6 is 11.8 Å². The van der Waals surface area contributed by atoms with Crippen molar-refractivity contribution >= 4 is 51.6 Å². The van der Waals surface area contributed by atoms with Gasteiger partial charge in [-0.1, -0.05) is 43.3 Å². The molecule has 0 unspecified atom stereocenters. The molecule has 3 aromatic rings. The standard InChI is InChI=1S/C24H21N3O3S/c1-2-31-24-25-18-11-3-4-12-19(18)27(24)20(28)13-14-26-22(29)16-9-5-7-15-8-6-10-17(21(15)16)23(26)30/h3-12,24-25H,2,13-14H2,1H3/t24-/m0/s1. The second kappa shape index (κ2) is 7.74. The third-order valence-electron chi connectivity index (χ3n) is 5.68. The van der Waals surface area contributed by atoms with E-state index in [0.29, 0.717) is 16.5 Å². The summed E-state index contributed by atoms with van der Waals surface area (Å²) in [5.74, 6) is 0.0309. The van der Waals surface area contributed by atoms with Crippen LogP contribution in [-0.2, 0) is 4.79 Å². The van der Waals surface area contributed by atoms with E-state index >= 15 is 0 Å². The predicted octanol–water partition coefficient (Wildman–Crippen LogP) is 4.32. The fraction of sp³-hybridized carbons (Fsp3) is 0.208. The number of hydrogen-bond donors (Lipinski definition) is 1. The highest BCUT2D eigenvalue weighted by molar-refractivity contribution is 8.00. The normalized spacial score (nSPS) is 17.1. The average molecular weight is 432 g/mol. The van der Waals surface area contributed by atoms with Crippen molar-refractivity contribution in [2.24, 2.45) is 0 Å². The predicted molar refractivity (Wildman–Crippen MR) is 123 cm³/mol. The van der Waals surface area contributed by atoms with Crippen molar-refractivity contribution in [1.82, 2.24) is 4.90 Å². The molecule has 3 amide bonds. The zero-order chi connectivity index (χ0) is 21.5. The van der Waals surface area contributed by atoms with Crippen LogP contribution in [0.5, 0.6) is 0 Å². The highest BCUT2D eigenvalue weighted by Gasteiger charge is 2.36. The largest absolute Gasteiger partial charge is 0.355 e. The Hall–Kier alpha value is -3.32. The first kappa shape index (κ1) is 19.6. The minimum atomic E-state index is -0.346. The van der Waals surface area contributed by atoms with Gasteiger partial charge < -0.3 is 5.32 Å². The number of hydrogen-bond acceptors (Lipinski definition) is 5. The van der Waals surface area contributed by atoms with Gasteiger partial charge in [0.1, 0.15) is 0 Å². The van der Waals surface area contributed by atoms with Crippen LogP contribution in [0.1, 0.15) is 34.1 Å². The van der Waals surface area contributed by atoms with Crippen molar-refractivity contribution in [1.29, 1.82) is 0 Å². The lowest BCUT2D eigenvalue weighted by atomic mass is 9.94. The summed E-state index contributed by atoms with van der Waals surface area (Å²) < 4.78 is 0. The van der Waals surface area contributed by atoms with Gasteiger partial charge in [0.2, 0.25) is 5.91 Å². The zero-order valence-corrected chi connectivity index (χ0v) is 17.8. The number of fused-ring (bicyclic) bond motifs is 1. The van der Waals surface area contributed by atoms with Gasteiger partial charge in [0.05, 0.1) is 11.4 Å². The SMILES string of the molecule is CCS[C@H]1Nc2ccccc2N1C(=O)CCN1C(=O)c2cccc3cccc(c23)C1=O. The molecule has 7 heteroatoms. The van der Waals surface area contributed by atoms with Gasteiger partial charge in [-0.25, -0.2) is 0 Å². The Kier molecular flexibility index (Phi) is 4.90. The number of nitrogens with one attached hydrogen (secondary N) is 1. The Morgan fingerprint density at radius 2 is 1.65 bits per heavy atom. The molecule has 1 N–H and O–H groups in total. The summed E-state index contributed by atoms with van der Waals surface area (Å²) in [7, 11) is 0. The average Bonchev–Trinajstić information content (AvgIpc) is 3.15. The second-order valence-corrected chi connectivity index (χ2v) is 8.81. The van der Waals surface area contributed by atoms with Crippen LogP contribution < -0.4 is 10.2 Å². The molecule has 1 atom stereocenters. The Bertz CT molecular complexity index is 1170. The first-order valence-electron chi connectivity index (χ1n) is 10.3. The minimum Gasteiger partial charge on any atom is -0.355 e. The monoisotopic (exact) mass is 431 g/mol. The van der Waals surface area contributed by atoms with Gasteiger partial charge in [0.15, 0.2) is 5.50 Å². The third-order valence-corrected chi connectivity index (χ3v) is 6.65. The smallest absolute Gasteiger partial charge is 0.261 e. The molecule has 156 valence electrons. The summed E-state index contributed by atoms with van der Waals surface area (Å²) in [6.07, 6.45) is 0.0619. The first-order chi connectivity index (χ1) is 15.1. The van der Waals surface area contributed by atoms with Crippen LogP contribution in [-0.4, -0.2) is 40.4 Å². The number of carbonyl (C=O) groups excluding carboxylic acids is 3. The molecule has 0 bridgehead atoms. The van der Waals surface area contributed by atoms with Gasteiger partial charge in [0.25, 0.3) is 11.8 Å². The van der Waals surface area contributed by atoms with Crippen molar-refractivity contribution in [3.05, 3.63) is 71.8 Å². The van der Waals surface area contributed by atoms with Crippen LogP contribution in [0.25, 0.3) is 10.8 Å². The van der Waals surface area contributed by atoms with Gasteiger partial charge in [-0.05, 0) is 35.4 Å². The number of anilines is 2. The number of amides is 3. The van der Waals surface area contributed by atoms with E-state index in [2.05, 4.69) is 5.32 Å². The number of imide groups is 1. The van der Waals surface area contributed by atoms with E-state index in [0.717, 1.165) is 22.5 Å². The van der Waals surface area contributed by atoms with Gasteiger partial charge in [-0.15, -0.1) is 11.8 Å². The molecule has 5 rings (SSSR count). The van der Waals surface area contributed by atoms with E-state index in [9.17, 15) is 14.4 Å². The van der Waals surface area contributed by atoms with Crippen LogP contribution in [0.2, 0.25) is 0 Å². The number of nitrogens with zero attached hydrogens (tertiary/aromatic N) is 2. The summed E-state index contributed by atoms with van der Waals surface area (Å²) in [5, 5.41) is 4.93. The molecule has 2 heterocycles. The molecule has 3 aromatic carbocycles. The molecule has 0 saturated carbocycles. The summed E-state index contributed by atoms with van der Waals surface area (Å²) in [6.45, 7) is 2.09. The van der Waals surface area contributed by atoms with E-state index < -0.39 is 0 Å². The van der Waals surface area contributed by atoms with Crippen molar-refractivity contribution < 1.29 is 14.4 Å². The summed E-state index contributed by atoms with van der Waals surface area (Å²) in [6, 6.07) is 18.6. The Balaban J connectivity index is 1.39. The quantitative estimate of drug-likeness (QED) is 0.609. The van der Waals surface area contributed by atoms with E-state index in [4.69, 9.17) is 0 Å². The molecule has 0 fully saturated rings. The number of rotatable bonds is 5. The lowest BCUT2D eigenvalue weighted by molar-refractivity contribution is -0.118. The molecule has 0 aliphatic carbocycles. The molecular formula is C24H21N3O3S. The van der Waals surface area contributed by atoms with Gasteiger partial charge in [0, 0.05) is 29.5 Å². The Morgan fingerprint density at radius 3 is 2.32 bits per heavy atom. The molecule has 6 nitrogen and oxygen atoms in total. The number of carbonyl (C=O) groups is 3. The zero-order valence-electron chi connectivity index (χ0n) is 17.0. The van der Waals surface area contributed by atoms with E-state index in [1.807, 2.05) is 55.5 Å². The summed E-state index contributed by atoms with van der Waals surface area (Å²) in [4.78, 5) is 42.3. The molecule has 0 saturated heterocycles. The Morgan fingerprint density at radius 1 is 0.968 bits per heavy atom. The molecule has 2 aliphatic rings. The van der Waals surface area contributed by atoms with Crippen molar-refractivity contribution in [2.75, 3.05) is 22.5 Å².